The van der Waals surface area contributed by atoms with E-state index in [1.54, 1.807) is 0 Å². The molecule has 0 N–H and O–H groups in total. The highest BCUT2D eigenvalue weighted by Crippen LogP contribution is 2.25. The molecule has 0 bridgehead atoms. The van der Waals surface area contributed by atoms with Gasteiger partial charge in [0, 0.05) is 30.4 Å². The van der Waals surface area contributed by atoms with Crippen LogP contribution in [0.5, 0.6) is 5.88 Å². The van der Waals surface area contributed by atoms with Gasteiger partial charge in [-0.2, -0.15) is 9.97 Å². The lowest BCUT2D eigenvalue weighted by molar-refractivity contribution is 0.235. The predicted octanol–water partition coefficient (Wildman–Crippen LogP) is 4.57. The number of nitrogens with zero attached hydrogens (tertiary/aromatic N) is 5. The van der Waals surface area contributed by atoms with Crippen molar-refractivity contribution in [1.82, 2.24) is 20.1 Å². The van der Waals surface area contributed by atoms with Gasteiger partial charge in [0.15, 0.2) is 6.61 Å². The van der Waals surface area contributed by atoms with E-state index in [4.69, 9.17) is 9.26 Å². The normalized spacial score (nSPS) is 14.3. The lowest BCUT2D eigenvalue weighted by atomic mass is 9.87. The van der Waals surface area contributed by atoms with Gasteiger partial charge in [-0.3, -0.25) is 0 Å². The average Bonchev–Trinajstić information content (AvgIpc) is 3.44. The van der Waals surface area contributed by atoms with E-state index in [-0.39, 0.29) is 12.0 Å². The number of ether oxygens (including phenoxy) is 1. The Labute approximate surface area is 177 Å². The summed E-state index contributed by atoms with van der Waals surface area (Å²) in [5.41, 5.74) is 3.26. The molecule has 1 aliphatic heterocycles. The molecular weight excluding hydrogens is 378 g/mol. The van der Waals surface area contributed by atoms with Crippen LogP contribution in [0.2, 0.25) is 0 Å². The van der Waals surface area contributed by atoms with Crippen molar-refractivity contribution in [3.63, 3.8) is 0 Å². The van der Waals surface area contributed by atoms with E-state index in [2.05, 4.69) is 64.8 Å². The van der Waals surface area contributed by atoms with Crippen molar-refractivity contribution < 1.29 is 9.26 Å². The molecule has 3 aromatic rings. The number of aromatic nitrogens is 4. The number of aryl methyl sites for hydroxylation is 1. The number of anilines is 1. The second-order valence-corrected chi connectivity index (χ2v) is 8.67. The molecule has 0 saturated carbocycles. The van der Waals surface area contributed by atoms with E-state index in [0.717, 1.165) is 36.7 Å². The molecule has 0 unspecified atom stereocenters. The minimum Gasteiger partial charge on any atom is -0.467 e. The van der Waals surface area contributed by atoms with Crippen molar-refractivity contribution in [2.24, 2.45) is 0 Å². The highest BCUT2D eigenvalue weighted by Gasteiger charge is 2.18. The lowest BCUT2D eigenvalue weighted by Crippen LogP contribution is -2.21. The first kappa shape index (κ1) is 20.3. The monoisotopic (exact) mass is 407 g/mol. The smallest absolute Gasteiger partial charge is 0.264 e. The van der Waals surface area contributed by atoms with Gasteiger partial charge in [-0.05, 0) is 30.2 Å². The zero-order chi connectivity index (χ0) is 21.1. The molecule has 4 rings (SSSR count). The van der Waals surface area contributed by atoms with Gasteiger partial charge in [0.2, 0.25) is 17.7 Å². The summed E-state index contributed by atoms with van der Waals surface area (Å²) >= 11 is 0. The standard InChI is InChI=1S/C23H29N5O2/c1-5-18-14-19(26-22(24-18)28-12-6-7-13-28)29-15-20-25-21(27-30-20)16-8-10-17(11-9-16)23(2,3)4/h8-11,14H,5-7,12-13,15H2,1-4H3. The second-order valence-electron chi connectivity index (χ2n) is 8.67. The molecular formula is C23H29N5O2. The Morgan fingerprint density at radius 2 is 1.77 bits per heavy atom. The fraction of sp³-hybridized carbons (Fsp3) is 0.478. The molecule has 1 fully saturated rings. The summed E-state index contributed by atoms with van der Waals surface area (Å²) in [4.78, 5) is 15.9. The number of benzene rings is 1. The van der Waals surface area contributed by atoms with E-state index < -0.39 is 0 Å². The summed E-state index contributed by atoms with van der Waals surface area (Å²) in [5.74, 6) is 2.26. The fourth-order valence-electron chi connectivity index (χ4n) is 3.46. The molecule has 158 valence electrons. The Kier molecular flexibility index (Phi) is 5.70. The average molecular weight is 408 g/mol. The molecule has 1 aliphatic rings. The lowest BCUT2D eigenvalue weighted by Gasteiger charge is -2.18. The maximum atomic E-state index is 5.87. The molecule has 0 aliphatic carbocycles. The molecule has 1 aromatic carbocycles. The van der Waals surface area contributed by atoms with Crippen molar-refractivity contribution in [2.45, 2.75) is 59.0 Å². The van der Waals surface area contributed by atoms with Crippen molar-refractivity contribution >= 4 is 5.95 Å². The Hall–Kier alpha value is -2.96. The molecule has 30 heavy (non-hydrogen) atoms. The summed E-state index contributed by atoms with van der Waals surface area (Å²) < 4.78 is 11.3. The fourth-order valence-corrected chi connectivity index (χ4v) is 3.46. The van der Waals surface area contributed by atoms with Crippen LogP contribution in [0.1, 0.15) is 57.7 Å². The summed E-state index contributed by atoms with van der Waals surface area (Å²) in [6.45, 7) is 10.8. The van der Waals surface area contributed by atoms with Gasteiger partial charge in [-0.15, -0.1) is 0 Å². The first-order chi connectivity index (χ1) is 14.4. The van der Waals surface area contributed by atoms with Crippen LogP contribution in [0, 0.1) is 0 Å². The molecule has 0 spiro atoms. The van der Waals surface area contributed by atoms with Crippen LogP contribution < -0.4 is 9.64 Å². The van der Waals surface area contributed by atoms with E-state index in [0.29, 0.717) is 17.6 Å². The Morgan fingerprint density at radius 1 is 1.03 bits per heavy atom. The summed E-state index contributed by atoms with van der Waals surface area (Å²) in [5, 5.41) is 4.10. The topological polar surface area (TPSA) is 77.2 Å². The number of rotatable bonds is 6. The van der Waals surface area contributed by atoms with Crippen molar-refractivity contribution in [1.29, 1.82) is 0 Å². The van der Waals surface area contributed by atoms with Crippen LogP contribution in [0.15, 0.2) is 34.9 Å². The van der Waals surface area contributed by atoms with E-state index in [1.807, 2.05) is 18.2 Å². The van der Waals surface area contributed by atoms with Crippen LogP contribution in [0.25, 0.3) is 11.4 Å². The third kappa shape index (κ3) is 4.61. The van der Waals surface area contributed by atoms with Crippen LogP contribution in [0.3, 0.4) is 0 Å². The molecule has 7 nitrogen and oxygen atoms in total. The molecule has 0 radical (unpaired) electrons. The van der Waals surface area contributed by atoms with Crippen molar-refractivity contribution in [2.75, 3.05) is 18.0 Å². The first-order valence-electron chi connectivity index (χ1n) is 10.6. The van der Waals surface area contributed by atoms with Gasteiger partial charge in [-0.1, -0.05) is 57.1 Å². The quantitative estimate of drug-likeness (QED) is 0.592. The first-order valence-corrected chi connectivity index (χ1v) is 10.6. The highest BCUT2D eigenvalue weighted by molar-refractivity contribution is 5.55. The van der Waals surface area contributed by atoms with Crippen molar-refractivity contribution in [3.8, 4) is 17.3 Å². The zero-order valence-corrected chi connectivity index (χ0v) is 18.2. The molecule has 7 heteroatoms. The second kappa shape index (κ2) is 8.42. The largest absolute Gasteiger partial charge is 0.467 e. The van der Waals surface area contributed by atoms with E-state index >= 15 is 0 Å². The molecule has 0 amide bonds. The Balaban J connectivity index is 1.45. The molecule has 1 saturated heterocycles. The van der Waals surface area contributed by atoms with Crippen LogP contribution >= 0.6 is 0 Å². The van der Waals surface area contributed by atoms with E-state index in [1.165, 1.54) is 18.4 Å². The van der Waals surface area contributed by atoms with Crippen molar-refractivity contribution in [3.05, 3.63) is 47.5 Å². The predicted molar refractivity (Wildman–Crippen MR) is 116 cm³/mol. The Morgan fingerprint density at radius 3 is 2.43 bits per heavy atom. The zero-order valence-electron chi connectivity index (χ0n) is 18.2. The van der Waals surface area contributed by atoms with Gasteiger partial charge >= 0.3 is 0 Å². The van der Waals surface area contributed by atoms with Gasteiger partial charge in [-0.25, -0.2) is 4.98 Å². The maximum absolute atomic E-state index is 5.87. The van der Waals surface area contributed by atoms with Crippen LogP contribution in [0.4, 0.5) is 5.95 Å². The molecule has 3 heterocycles. The third-order valence-electron chi connectivity index (χ3n) is 5.32. The van der Waals surface area contributed by atoms with Gasteiger partial charge in [0.05, 0.1) is 0 Å². The summed E-state index contributed by atoms with van der Waals surface area (Å²) in [6, 6.07) is 10.1. The molecule has 0 atom stereocenters. The number of hydrogen-bond donors (Lipinski definition) is 0. The minimum absolute atomic E-state index is 0.109. The summed E-state index contributed by atoms with van der Waals surface area (Å²) in [6.07, 6.45) is 3.18. The van der Waals surface area contributed by atoms with Gasteiger partial charge < -0.3 is 14.2 Å². The van der Waals surface area contributed by atoms with Crippen LogP contribution in [-0.4, -0.2) is 33.2 Å². The molecule has 2 aromatic heterocycles. The highest BCUT2D eigenvalue weighted by atomic mass is 16.5. The van der Waals surface area contributed by atoms with Crippen LogP contribution in [-0.2, 0) is 18.4 Å². The Bertz CT molecular complexity index is 986. The summed E-state index contributed by atoms with van der Waals surface area (Å²) in [7, 11) is 0. The third-order valence-corrected chi connectivity index (χ3v) is 5.32. The maximum Gasteiger partial charge on any atom is 0.264 e. The van der Waals surface area contributed by atoms with Gasteiger partial charge in [0.25, 0.3) is 5.89 Å². The SMILES string of the molecule is CCc1cc(OCc2nc(-c3ccc(C(C)(C)C)cc3)no2)nc(N2CCCC2)n1. The minimum atomic E-state index is 0.109. The van der Waals surface area contributed by atoms with E-state index in [9.17, 15) is 0 Å². The number of hydrogen-bond acceptors (Lipinski definition) is 7. The van der Waals surface area contributed by atoms with Gasteiger partial charge in [0.1, 0.15) is 0 Å².